The van der Waals surface area contributed by atoms with Crippen molar-refractivity contribution in [1.29, 1.82) is 0 Å². The number of aliphatic hydroxyl groups excluding tert-OH is 1. The van der Waals surface area contributed by atoms with Crippen molar-refractivity contribution in [1.82, 2.24) is 0 Å². The molecule has 0 aliphatic rings. The third kappa shape index (κ3) is 32.3. The predicted molar refractivity (Wildman–Crippen MR) is 186 cm³/mol. The van der Waals surface area contributed by atoms with E-state index in [4.69, 9.17) is 9.47 Å². The van der Waals surface area contributed by atoms with Gasteiger partial charge in [-0.2, -0.15) is 0 Å². The van der Waals surface area contributed by atoms with Crippen molar-refractivity contribution in [2.75, 3.05) is 13.2 Å². The van der Waals surface area contributed by atoms with Gasteiger partial charge in [-0.1, -0.05) is 132 Å². The molecule has 0 aromatic heterocycles. The summed E-state index contributed by atoms with van der Waals surface area (Å²) in [5, 5.41) is 9.49. The van der Waals surface area contributed by atoms with Gasteiger partial charge in [0.15, 0.2) is 6.10 Å². The molecular formula is C39H64O5. The van der Waals surface area contributed by atoms with E-state index >= 15 is 0 Å². The second kappa shape index (κ2) is 34.8. The number of ether oxygens (including phenoxy) is 2. The van der Waals surface area contributed by atoms with Crippen molar-refractivity contribution in [3.63, 3.8) is 0 Å². The Bertz CT molecular complexity index is 833. The fourth-order valence-electron chi connectivity index (χ4n) is 4.28. The van der Waals surface area contributed by atoms with Crippen molar-refractivity contribution in [3.05, 3.63) is 72.9 Å². The van der Waals surface area contributed by atoms with Crippen LogP contribution in [0.1, 0.15) is 142 Å². The Kier molecular flexibility index (Phi) is 32.7. The number of hydrogen-bond donors (Lipinski definition) is 1. The van der Waals surface area contributed by atoms with Crippen LogP contribution in [0.5, 0.6) is 0 Å². The van der Waals surface area contributed by atoms with E-state index in [9.17, 15) is 14.7 Å². The van der Waals surface area contributed by atoms with E-state index in [0.717, 1.165) is 51.4 Å². The lowest BCUT2D eigenvalue weighted by atomic mass is 10.1. The van der Waals surface area contributed by atoms with Crippen molar-refractivity contribution in [2.24, 2.45) is 0 Å². The Morgan fingerprint density at radius 1 is 0.523 bits per heavy atom. The lowest BCUT2D eigenvalue weighted by Crippen LogP contribution is -2.28. The minimum absolute atomic E-state index is 0.112. The van der Waals surface area contributed by atoms with Gasteiger partial charge >= 0.3 is 11.9 Å². The third-order valence-electron chi connectivity index (χ3n) is 6.99. The molecule has 0 spiro atoms. The van der Waals surface area contributed by atoms with E-state index in [0.29, 0.717) is 12.8 Å². The average molecular weight is 613 g/mol. The highest BCUT2D eigenvalue weighted by Crippen LogP contribution is 2.10. The Hall–Kier alpha value is -2.66. The Labute approximate surface area is 270 Å². The summed E-state index contributed by atoms with van der Waals surface area (Å²) in [5.74, 6) is -0.708. The first-order valence-corrected chi connectivity index (χ1v) is 17.5. The predicted octanol–water partition coefficient (Wildman–Crippen LogP) is 10.6. The van der Waals surface area contributed by atoms with E-state index in [1.54, 1.807) is 0 Å². The molecule has 0 saturated heterocycles. The molecule has 0 unspecified atom stereocenters. The highest BCUT2D eigenvalue weighted by molar-refractivity contribution is 5.70. The number of esters is 2. The summed E-state index contributed by atoms with van der Waals surface area (Å²) in [4.78, 5) is 24.1. The monoisotopic (exact) mass is 612 g/mol. The molecule has 0 radical (unpaired) electrons. The van der Waals surface area contributed by atoms with Crippen molar-refractivity contribution in [3.8, 4) is 0 Å². The maximum Gasteiger partial charge on any atom is 0.306 e. The fourth-order valence-corrected chi connectivity index (χ4v) is 4.28. The Morgan fingerprint density at radius 3 is 1.55 bits per heavy atom. The number of aliphatic hydroxyl groups is 1. The summed E-state index contributed by atoms with van der Waals surface area (Å²) in [6.45, 7) is 3.97. The van der Waals surface area contributed by atoms with E-state index < -0.39 is 6.10 Å². The molecule has 0 aromatic rings. The largest absolute Gasteiger partial charge is 0.462 e. The molecule has 250 valence electrons. The normalized spacial score (nSPS) is 13.1. The first-order chi connectivity index (χ1) is 21.6. The van der Waals surface area contributed by atoms with E-state index in [-0.39, 0.29) is 31.6 Å². The molecule has 0 fully saturated rings. The number of rotatable bonds is 30. The van der Waals surface area contributed by atoms with Crippen LogP contribution in [0, 0.1) is 0 Å². The molecule has 0 aromatic carbocycles. The minimum atomic E-state index is -0.807. The molecule has 44 heavy (non-hydrogen) atoms. The number of allylic oxidation sites excluding steroid dienone is 12. The van der Waals surface area contributed by atoms with Crippen LogP contribution in [0.15, 0.2) is 72.9 Å². The average Bonchev–Trinajstić information content (AvgIpc) is 3.02. The Morgan fingerprint density at radius 2 is 0.977 bits per heavy atom. The lowest BCUT2D eigenvalue weighted by molar-refractivity contribution is -0.161. The fraction of sp³-hybridized carbons (Fsp3) is 0.641. The van der Waals surface area contributed by atoms with Crippen molar-refractivity contribution in [2.45, 2.75) is 148 Å². The SMILES string of the molecule is CCCC/C=C\CCCCCCCC(=O)O[C@@H](CO)COC(=O)CC/C=C\C/C=C\C/C=C\C/C=C\C/C=C\CCCCC. The summed E-state index contributed by atoms with van der Waals surface area (Å²) < 4.78 is 10.5. The van der Waals surface area contributed by atoms with Crippen LogP contribution in [-0.2, 0) is 19.1 Å². The van der Waals surface area contributed by atoms with E-state index in [1.807, 2.05) is 12.2 Å². The summed E-state index contributed by atoms with van der Waals surface area (Å²) in [7, 11) is 0. The number of hydrogen-bond acceptors (Lipinski definition) is 5. The molecule has 1 atom stereocenters. The first-order valence-electron chi connectivity index (χ1n) is 17.5. The van der Waals surface area contributed by atoms with Crippen LogP contribution >= 0.6 is 0 Å². The first kappa shape index (κ1) is 41.3. The van der Waals surface area contributed by atoms with Gasteiger partial charge in [0.05, 0.1) is 6.61 Å². The molecule has 1 N–H and O–H groups in total. The maximum absolute atomic E-state index is 12.1. The summed E-state index contributed by atoms with van der Waals surface area (Å²) >= 11 is 0. The topological polar surface area (TPSA) is 72.8 Å². The summed E-state index contributed by atoms with van der Waals surface area (Å²) in [6.07, 6.45) is 45.4. The second-order valence-corrected chi connectivity index (χ2v) is 11.2. The smallest absolute Gasteiger partial charge is 0.306 e. The molecular weight excluding hydrogens is 548 g/mol. The maximum atomic E-state index is 12.1. The second-order valence-electron chi connectivity index (χ2n) is 11.2. The van der Waals surface area contributed by atoms with Crippen LogP contribution < -0.4 is 0 Å². The standard InChI is InChI=1S/C39H64O5/c1-3-5-7-9-11-13-15-16-17-18-19-20-21-22-24-25-27-29-31-33-38(41)43-36-37(35-40)44-39(42)34-32-30-28-26-23-14-12-10-8-6-4-2/h10-13,16-17,19-20,22,24,27,29,37,40H,3-9,14-15,18,21,23,25-26,28,30-36H2,1-2H3/b12-10-,13-11-,17-16-,20-19-,24-22-,29-27-/t37-/m0/s1. The molecule has 0 bridgehead atoms. The van der Waals surface area contributed by atoms with Gasteiger partial charge in [-0.3, -0.25) is 9.59 Å². The van der Waals surface area contributed by atoms with E-state index in [1.165, 1.54) is 57.8 Å². The van der Waals surface area contributed by atoms with Gasteiger partial charge < -0.3 is 14.6 Å². The highest BCUT2D eigenvalue weighted by Gasteiger charge is 2.15. The van der Waals surface area contributed by atoms with Crippen LogP contribution in [0.4, 0.5) is 0 Å². The van der Waals surface area contributed by atoms with Crippen LogP contribution in [-0.4, -0.2) is 36.4 Å². The van der Waals surface area contributed by atoms with Gasteiger partial charge in [-0.15, -0.1) is 0 Å². The van der Waals surface area contributed by atoms with Gasteiger partial charge in [0.25, 0.3) is 0 Å². The van der Waals surface area contributed by atoms with Crippen molar-refractivity contribution >= 4 is 11.9 Å². The highest BCUT2D eigenvalue weighted by atomic mass is 16.6. The number of carbonyl (C=O) groups excluding carboxylic acids is 2. The van der Waals surface area contributed by atoms with Crippen LogP contribution in [0.3, 0.4) is 0 Å². The van der Waals surface area contributed by atoms with Gasteiger partial charge in [-0.05, 0) is 70.6 Å². The van der Waals surface area contributed by atoms with Gasteiger partial charge in [0, 0.05) is 12.8 Å². The summed E-state index contributed by atoms with van der Waals surface area (Å²) in [5.41, 5.74) is 0. The number of carbonyl (C=O) groups is 2. The third-order valence-corrected chi connectivity index (χ3v) is 6.99. The minimum Gasteiger partial charge on any atom is -0.462 e. The lowest BCUT2D eigenvalue weighted by Gasteiger charge is -2.15. The zero-order valence-electron chi connectivity index (χ0n) is 28.1. The van der Waals surface area contributed by atoms with Gasteiger partial charge in [0.1, 0.15) is 6.61 Å². The Balaban J connectivity index is 3.76. The number of unbranched alkanes of at least 4 members (excludes halogenated alkanes) is 10. The molecule has 5 heteroatoms. The summed E-state index contributed by atoms with van der Waals surface area (Å²) in [6, 6.07) is 0. The van der Waals surface area contributed by atoms with E-state index in [2.05, 4.69) is 74.6 Å². The zero-order chi connectivity index (χ0) is 32.2. The molecule has 0 heterocycles. The molecule has 0 aliphatic carbocycles. The quantitative estimate of drug-likeness (QED) is 0.0496. The molecule has 0 aliphatic heterocycles. The van der Waals surface area contributed by atoms with Gasteiger partial charge in [-0.25, -0.2) is 0 Å². The van der Waals surface area contributed by atoms with Gasteiger partial charge in [0.2, 0.25) is 0 Å². The van der Waals surface area contributed by atoms with Crippen LogP contribution in [0.25, 0.3) is 0 Å². The molecule has 0 amide bonds. The van der Waals surface area contributed by atoms with Crippen LogP contribution in [0.2, 0.25) is 0 Å². The molecule has 0 saturated carbocycles. The van der Waals surface area contributed by atoms with Crippen molar-refractivity contribution < 1.29 is 24.2 Å². The zero-order valence-corrected chi connectivity index (χ0v) is 28.1. The molecule has 0 rings (SSSR count). The molecule has 5 nitrogen and oxygen atoms in total.